The number of rotatable bonds is 6. The zero-order chi connectivity index (χ0) is 13.5. The molecule has 0 saturated carbocycles. The lowest BCUT2D eigenvalue weighted by Crippen LogP contribution is -2.38. The number of hydrogen-bond donors (Lipinski definition) is 2. The van der Waals surface area contributed by atoms with Gasteiger partial charge in [-0.05, 0) is 17.9 Å². The number of benzene rings is 1. The van der Waals surface area contributed by atoms with Crippen molar-refractivity contribution in [2.45, 2.75) is 26.2 Å². The SMILES string of the molecule is CCC(C(=O)NCC(C)c1ccccc1)C(N)=S. The van der Waals surface area contributed by atoms with Gasteiger partial charge in [0.15, 0.2) is 0 Å². The van der Waals surface area contributed by atoms with Crippen LogP contribution in [0.2, 0.25) is 0 Å². The van der Waals surface area contributed by atoms with Crippen molar-refractivity contribution in [3.05, 3.63) is 35.9 Å². The third kappa shape index (κ3) is 4.11. The molecule has 0 bridgehead atoms. The summed E-state index contributed by atoms with van der Waals surface area (Å²) in [6.45, 7) is 4.59. The minimum absolute atomic E-state index is 0.0761. The van der Waals surface area contributed by atoms with Gasteiger partial charge in [-0.3, -0.25) is 4.79 Å². The Balaban J connectivity index is 2.50. The van der Waals surface area contributed by atoms with E-state index in [4.69, 9.17) is 18.0 Å². The predicted molar refractivity (Wildman–Crippen MR) is 78.4 cm³/mol. The number of hydrogen-bond acceptors (Lipinski definition) is 2. The van der Waals surface area contributed by atoms with E-state index in [0.29, 0.717) is 13.0 Å². The normalized spacial score (nSPS) is 13.7. The van der Waals surface area contributed by atoms with Crippen LogP contribution in [0, 0.1) is 5.92 Å². The number of nitrogens with two attached hydrogens (primary N) is 1. The van der Waals surface area contributed by atoms with Crippen LogP contribution in [0.1, 0.15) is 31.7 Å². The van der Waals surface area contributed by atoms with E-state index in [-0.39, 0.29) is 22.7 Å². The van der Waals surface area contributed by atoms with Crippen molar-refractivity contribution in [2.24, 2.45) is 11.7 Å². The minimum atomic E-state index is -0.358. The summed E-state index contributed by atoms with van der Waals surface area (Å²) in [6.07, 6.45) is 0.640. The van der Waals surface area contributed by atoms with E-state index in [2.05, 4.69) is 24.4 Å². The van der Waals surface area contributed by atoms with Crippen LogP contribution < -0.4 is 11.1 Å². The Morgan fingerprint density at radius 1 is 1.39 bits per heavy atom. The van der Waals surface area contributed by atoms with Gasteiger partial charge in [-0.1, -0.05) is 56.4 Å². The van der Waals surface area contributed by atoms with Crippen LogP contribution in [0.15, 0.2) is 30.3 Å². The maximum absolute atomic E-state index is 11.9. The Kier molecular flexibility index (Phi) is 5.78. The molecular weight excluding hydrogens is 244 g/mol. The van der Waals surface area contributed by atoms with Gasteiger partial charge in [0.2, 0.25) is 5.91 Å². The summed E-state index contributed by atoms with van der Waals surface area (Å²) >= 11 is 4.88. The highest BCUT2D eigenvalue weighted by atomic mass is 32.1. The van der Waals surface area contributed by atoms with Gasteiger partial charge in [0.25, 0.3) is 0 Å². The van der Waals surface area contributed by atoms with Gasteiger partial charge in [0.1, 0.15) is 0 Å². The van der Waals surface area contributed by atoms with E-state index in [9.17, 15) is 4.79 Å². The van der Waals surface area contributed by atoms with Crippen LogP contribution in [0.25, 0.3) is 0 Å². The van der Waals surface area contributed by atoms with E-state index in [1.54, 1.807) is 0 Å². The molecule has 4 heteroatoms. The van der Waals surface area contributed by atoms with Crippen LogP contribution >= 0.6 is 12.2 Å². The Morgan fingerprint density at radius 2 is 2.00 bits per heavy atom. The van der Waals surface area contributed by atoms with Crippen molar-refractivity contribution < 1.29 is 4.79 Å². The lowest BCUT2D eigenvalue weighted by atomic mass is 10.0. The summed E-state index contributed by atoms with van der Waals surface area (Å²) in [4.78, 5) is 12.1. The number of thiocarbonyl (C=S) groups is 1. The number of carbonyl (C=O) groups is 1. The molecule has 1 aromatic rings. The first-order valence-electron chi connectivity index (χ1n) is 6.18. The zero-order valence-electron chi connectivity index (χ0n) is 10.8. The van der Waals surface area contributed by atoms with Crippen molar-refractivity contribution >= 4 is 23.1 Å². The van der Waals surface area contributed by atoms with E-state index in [0.717, 1.165) is 0 Å². The summed E-state index contributed by atoms with van der Waals surface area (Å²) in [7, 11) is 0. The Labute approximate surface area is 114 Å². The molecule has 0 aromatic heterocycles. The average molecular weight is 264 g/mol. The Hall–Kier alpha value is -1.42. The first-order chi connectivity index (χ1) is 8.56. The molecule has 0 spiro atoms. The number of nitrogens with one attached hydrogen (secondary N) is 1. The summed E-state index contributed by atoms with van der Waals surface area (Å²) in [5.41, 5.74) is 6.75. The van der Waals surface area contributed by atoms with Crippen molar-refractivity contribution in [2.75, 3.05) is 6.54 Å². The number of carbonyl (C=O) groups excluding carboxylic acids is 1. The third-order valence-corrected chi connectivity index (χ3v) is 3.30. The second kappa shape index (κ2) is 7.11. The maximum Gasteiger partial charge on any atom is 0.229 e. The standard InChI is InChI=1S/C14H20N2OS/c1-3-12(13(15)18)14(17)16-9-10(2)11-7-5-4-6-8-11/h4-8,10,12H,3,9H2,1-2H3,(H2,15,18)(H,16,17). The second-order valence-electron chi connectivity index (χ2n) is 4.42. The molecule has 1 amide bonds. The van der Waals surface area contributed by atoms with Crippen LogP contribution in [-0.4, -0.2) is 17.4 Å². The first-order valence-corrected chi connectivity index (χ1v) is 6.59. The molecule has 2 unspecified atom stereocenters. The molecule has 3 N–H and O–H groups in total. The molecule has 0 aliphatic carbocycles. The van der Waals surface area contributed by atoms with Crippen LogP contribution in [0.5, 0.6) is 0 Å². The number of amides is 1. The highest BCUT2D eigenvalue weighted by Gasteiger charge is 2.19. The molecular formula is C14H20N2OS. The highest BCUT2D eigenvalue weighted by Crippen LogP contribution is 2.13. The van der Waals surface area contributed by atoms with E-state index in [1.807, 2.05) is 25.1 Å². The lowest BCUT2D eigenvalue weighted by Gasteiger charge is -2.17. The molecule has 98 valence electrons. The van der Waals surface area contributed by atoms with Gasteiger partial charge in [-0.2, -0.15) is 0 Å². The topological polar surface area (TPSA) is 55.1 Å². The van der Waals surface area contributed by atoms with Crippen molar-refractivity contribution in [3.63, 3.8) is 0 Å². The largest absolute Gasteiger partial charge is 0.393 e. The molecule has 3 nitrogen and oxygen atoms in total. The first kappa shape index (κ1) is 14.6. The summed E-state index contributed by atoms with van der Waals surface area (Å²) in [6, 6.07) is 10.1. The predicted octanol–water partition coefficient (Wildman–Crippen LogP) is 2.22. The summed E-state index contributed by atoms with van der Waals surface area (Å²) in [5, 5.41) is 2.91. The molecule has 0 aliphatic heterocycles. The fourth-order valence-electron chi connectivity index (χ4n) is 1.79. The molecule has 0 aliphatic rings. The summed E-state index contributed by atoms with van der Waals surface area (Å²) in [5.74, 6) is -0.158. The quantitative estimate of drug-likeness (QED) is 0.775. The molecule has 0 radical (unpaired) electrons. The molecule has 0 heterocycles. The molecule has 0 fully saturated rings. The highest BCUT2D eigenvalue weighted by molar-refractivity contribution is 7.80. The van der Waals surface area contributed by atoms with Gasteiger partial charge >= 0.3 is 0 Å². The molecule has 1 aromatic carbocycles. The molecule has 0 saturated heterocycles. The molecule has 2 atom stereocenters. The van der Waals surface area contributed by atoms with E-state index in [1.165, 1.54) is 5.56 Å². The average Bonchev–Trinajstić information content (AvgIpc) is 2.37. The van der Waals surface area contributed by atoms with Crippen molar-refractivity contribution in [3.8, 4) is 0 Å². The maximum atomic E-state index is 11.9. The minimum Gasteiger partial charge on any atom is -0.393 e. The van der Waals surface area contributed by atoms with Crippen LogP contribution in [0.3, 0.4) is 0 Å². The van der Waals surface area contributed by atoms with Crippen LogP contribution in [0.4, 0.5) is 0 Å². The van der Waals surface area contributed by atoms with E-state index >= 15 is 0 Å². The smallest absolute Gasteiger partial charge is 0.229 e. The zero-order valence-corrected chi connectivity index (χ0v) is 11.7. The fraction of sp³-hybridized carbons (Fsp3) is 0.429. The van der Waals surface area contributed by atoms with Gasteiger partial charge in [-0.15, -0.1) is 0 Å². The molecule has 1 rings (SSSR count). The van der Waals surface area contributed by atoms with Gasteiger partial charge in [0.05, 0.1) is 10.9 Å². The van der Waals surface area contributed by atoms with Crippen LogP contribution in [-0.2, 0) is 4.79 Å². The van der Waals surface area contributed by atoms with Gasteiger partial charge in [0, 0.05) is 6.54 Å². The Bertz CT molecular complexity index is 406. The van der Waals surface area contributed by atoms with Gasteiger partial charge < -0.3 is 11.1 Å². The Morgan fingerprint density at radius 3 is 2.50 bits per heavy atom. The molecule has 18 heavy (non-hydrogen) atoms. The summed E-state index contributed by atoms with van der Waals surface area (Å²) < 4.78 is 0. The van der Waals surface area contributed by atoms with Crippen molar-refractivity contribution in [1.29, 1.82) is 0 Å². The third-order valence-electron chi connectivity index (χ3n) is 3.02. The fourth-order valence-corrected chi connectivity index (χ4v) is 2.07. The second-order valence-corrected chi connectivity index (χ2v) is 4.89. The van der Waals surface area contributed by atoms with Gasteiger partial charge in [-0.25, -0.2) is 0 Å². The lowest BCUT2D eigenvalue weighted by molar-refractivity contribution is -0.123. The van der Waals surface area contributed by atoms with Crippen molar-refractivity contribution in [1.82, 2.24) is 5.32 Å². The van der Waals surface area contributed by atoms with E-state index < -0.39 is 0 Å². The monoisotopic (exact) mass is 264 g/mol.